The van der Waals surface area contributed by atoms with Crippen molar-refractivity contribution in [2.75, 3.05) is 12.4 Å². The molecule has 0 aliphatic carbocycles. The number of hydrogen-bond donors (Lipinski definition) is 0. The summed E-state index contributed by atoms with van der Waals surface area (Å²) in [6.45, 7) is 2.63. The summed E-state index contributed by atoms with van der Waals surface area (Å²) in [5, 5.41) is 1.20. The Morgan fingerprint density at radius 3 is 2.84 bits per heavy atom. The molecule has 1 aliphatic heterocycles. The molecule has 0 spiro atoms. The third-order valence-electron chi connectivity index (χ3n) is 3.99. The SMILES string of the molecule is CCOC(=O)CC1CSc2cc(OCc3ccc(Cl)cc3Cl)ccc21. The van der Waals surface area contributed by atoms with Gasteiger partial charge in [0.25, 0.3) is 0 Å². The van der Waals surface area contributed by atoms with Crippen LogP contribution >= 0.6 is 35.0 Å². The number of ether oxygens (including phenoxy) is 2. The van der Waals surface area contributed by atoms with Crippen molar-refractivity contribution in [3.05, 3.63) is 57.6 Å². The molecule has 0 saturated carbocycles. The molecular formula is C19H18Cl2O3S. The number of thioether (sulfide) groups is 1. The standard InChI is InChI=1S/C19H18Cl2O3S/c1-2-23-19(22)7-13-11-25-18-9-15(5-6-16(13)18)24-10-12-3-4-14(20)8-17(12)21/h3-6,8-9,13H,2,7,10-11H2,1H3. The summed E-state index contributed by atoms with van der Waals surface area (Å²) < 4.78 is 10.9. The van der Waals surface area contributed by atoms with E-state index in [-0.39, 0.29) is 11.9 Å². The quantitative estimate of drug-likeness (QED) is 0.585. The van der Waals surface area contributed by atoms with E-state index in [1.807, 2.05) is 31.2 Å². The zero-order valence-electron chi connectivity index (χ0n) is 13.8. The van der Waals surface area contributed by atoms with Crippen molar-refractivity contribution in [2.45, 2.75) is 30.8 Å². The molecule has 2 aromatic carbocycles. The predicted octanol–water partition coefficient (Wildman–Crippen LogP) is 5.71. The minimum Gasteiger partial charge on any atom is -0.489 e. The van der Waals surface area contributed by atoms with Gasteiger partial charge in [-0.3, -0.25) is 4.79 Å². The van der Waals surface area contributed by atoms with Crippen molar-refractivity contribution in [1.82, 2.24) is 0 Å². The van der Waals surface area contributed by atoms with Gasteiger partial charge in [-0.15, -0.1) is 11.8 Å². The highest BCUT2D eigenvalue weighted by atomic mass is 35.5. The van der Waals surface area contributed by atoms with Crippen LogP contribution in [0.25, 0.3) is 0 Å². The Hall–Kier alpha value is -1.36. The predicted molar refractivity (Wildman–Crippen MR) is 102 cm³/mol. The van der Waals surface area contributed by atoms with Crippen molar-refractivity contribution < 1.29 is 14.3 Å². The van der Waals surface area contributed by atoms with E-state index in [1.165, 1.54) is 5.56 Å². The number of carbonyl (C=O) groups excluding carboxylic acids is 1. The van der Waals surface area contributed by atoms with Gasteiger partial charge in [0.1, 0.15) is 12.4 Å². The molecule has 6 heteroatoms. The van der Waals surface area contributed by atoms with Gasteiger partial charge in [-0.05, 0) is 36.8 Å². The number of benzene rings is 2. The molecule has 0 N–H and O–H groups in total. The van der Waals surface area contributed by atoms with Crippen LogP contribution in [0.2, 0.25) is 10.0 Å². The highest BCUT2D eigenvalue weighted by Crippen LogP contribution is 2.43. The van der Waals surface area contributed by atoms with Gasteiger partial charge in [0.2, 0.25) is 0 Å². The normalized spacial score (nSPS) is 15.7. The lowest BCUT2D eigenvalue weighted by Gasteiger charge is -2.12. The number of esters is 1. The molecule has 1 atom stereocenters. The van der Waals surface area contributed by atoms with E-state index in [0.29, 0.717) is 29.7 Å². The summed E-state index contributed by atoms with van der Waals surface area (Å²) in [7, 11) is 0. The minimum absolute atomic E-state index is 0.140. The average Bonchev–Trinajstić information content (AvgIpc) is 2.96. The molecular weight excluding hydrogens is 379 g/mol. The van der Waals surface area contributed by atoms with Gasteiger partial charge in [0.15, 0.2) is 0 Å². The van der Waals surface area contributed by atoms with Crippen LogP contribution in [0, 0.1) is 0 Å². The summed E-state index contributed by atoms with van der Waals surface area (Å²) in [5.41, 5.74) is 2.08. The first-order valence-corrected chi connectivity index (χ1v) is 9.80. The van der Waals surface area contributed by atoms with Crippen LogP contribution < -0.4 is 4.74 Å². The van der Waals surface area contributed by atoms with Gasteiger partial charge in [-0.25, -0.2) is 0 Å². The molecule has 2 aromatic rings. The van der Waals surface area contributed by atoms with Crippen LogP contribution in [0.1, 0.15) is 30.4 Å². The van der Waals surface area contributed by atoms with Gasteiger partial charge >= 0.3 is 5.97 Å². The number of rotatable bonds is 6. The fourth-order valence-electron chi connectivity index (χ4n) is 2.74. The number of hydrogen-bond acceptors (Lipinski definition) is 4. The first kappa shape index (κ1) is 18.4. The molecule has 3 rings (SSSR count). The molecule has 0 fully saturated rings. The molecule has 0 radical (unpaired) electrons. The molecule has 0 bridgehead atoms. The third-order valence-corrected chi connectivity index (χ3v) is 5.81. The first-order chi connectivity index (χ1) is 12.1. The van der Waals surface area contributed by atoms with E-state index in [2.05, 4.69) is 0 Å². The zero-order valence-corrected chi connectivity index (χ0v) is 16.1. The fourth-order valence-corrected chi connectivity index (χ4v) is 4.48. The second kappa shape index (κ2) is 8.35. The lowest BCUT2D eigenvalue weighted by molar-refractivity contribution is -0.143. The molecule has 132 valence electrons. The Kier molecular flexibility index (Phi) is 6.15. The van der Waals surface area contributed by atoms with Crippen molar-refractivity contribution in [1.29, 1.82) is 0 Å². The maximum atomic E-state index is 11.7. The summed E-state index contributed by atoms with van der Waals surface area (Å²) in [4.78, 5) is 12.9. The van der Waals surface area contributed by atoms with Crippen LogP contribution in [-0.4, -0.2) is 18.3 Å². The molecule has 1 unspecified atom stereocenters. The van der Waals surface area contributed by atoms with Crippen LogP contribution in [-0.2, 0) is 16.1 Å². The second-order valence-corrected chi connectivity index (χ2v) is 7.65. The van der Waals surface area contributed by atoms with Crippen LogP contribution in [0.4, 0.5) is 0 Å². The minimum atomic E-state index is -0.140. The molecule has 0 saturated heterocycles. The van der Waals surface area contributed by atoms with Crippen molar-refractivity contribution in [3.8, 4) is 5.75 Å². The van der Waals surface area contributed by atoms with E-state index in [9.17, 15) is 4.79 Å². The first-order valence-electron chi connectivity index (χ1n) is 8.06. The molecule has 1 heterocycles. The van der Waals surface area contributed by atoms with E-state index in [1.54, 1.807) is 23.9 Å². The molecule has 0 amide bonds. The van der Waals surface area contributed by atoms with E-state index in [0.717, 1.165) is 22.0 Å². The van der Waals surface area contributed by atoms with Gasteiger partial charge in [0, 0.05) is 32.2 Å². The van der Waals surface area contributed by atoms with Crippen molar-refractivity contribution >= 4 is 40.9 Å². The van der Waals surface area contributed by atoms with Crippen molar-refractivity contribution in [3.63, 3.8) is 0 Å². The summed E-state index contributed by atoms with van der Waals surface area (Å²) in [6, 6.07) is 11.4. The highest BCUT2D eigenvalue weighted by molar-refractivity contribution is 7.99. The zero-order chi connectivity index (χ0) is 17.8. The summed E-state index contributed by atoms with van der Waals surface area (Å²) in [5.74, 6) is 1.74. The monoisotopic (exact) mass is 396 g/mol. The Bertz CT molecular complexity index is 779. The van der Waals surface area contributed by atoms with Crippen molar-refractivity contribution in [2.24, 2.45) is 0 Å². The Morgan fingerprint density at radius 2 is 2.08 bits per heavy atom. The van der Waals surface area contributed by atoms with Crippen LogP contribution in [0.15, 0.2) is 41.3 Å². The Labute approximate surface area is 161 Å². The molecule has 3 nitrogen and oxygen atoms in total. The van der Waals surface area contributed by atoms with Gasteiger partial charge in [0.05, 0.1) is 13.0 Å². The van der Waals surface area contributed by atoms with E-state index < -0.39 is 0 Å². The topological polar surface area (TPSA) is 35.5 Å². The Balaban J connectivity index is 1.65. The number of fused-ring (bicyclic) bond motifs is 1. The maximum Gasteiger partial charge on any atom is 0.306 e. The van der Waals surface area contributed by atoms with Gasteiger partial charge < -0.3 is 9.47 Å². The van der Waals surface area contributed by atoms with Crippen LogP contribution in [0.3, 0.4) is 0 Å². The summed E-state index contributed by atoms with van der Waals surface area (Å²) in [6.07, 6.45) is 0.425. The Morgan fingerprint density at radius 1 is 1.24 bits per heavy atom. The highest BCUT2D eigenvalue weighted by Gasteiger charge is 2.26. The lowest BCUT2D eigenvalue weighted by atomic mass is 9.98. The second-order valence-electron chi connectivity index (χ2n) is 5.74. The smallest absolute Gasteiger partial charge is 0.306 e. The van der Waals surface area contributed by atoms with E-state index >= 15 is 0 Å². The molecule has 0 aromatic heterocycles. The largest absolute Gasteiger partial charge is 0.489 e. The maximum absolute atomic E-state index is 11.7. The molecule has 1 aliphatic rings. The lowest BCUT2D eigenvalue weighted by Crippen LogP contribution is -2.10. The number of carbonyl (C=O) groups is 1. The molecule has 25 heavy (non-hydrogen) atoms. The number of halogens is 2. The van der Waals surface area contributed by atoms with Gasteiger partial charge in [-0.2, -0.15) is 0 Å². The van der Waals surface area contributed by atoms with Crippen LogP contribution in [0.5, 0.6) is 5.75 Å². The summed E-state index contributed by atoms with van der Waals surface area (Å²) >= 11 is 13.8. The average molecular weight is 397 g/mol. The van der Waals surface area contributed by atoms with E-state index in [4.69, 9.17) is 32.7 Å². The third kappa shape index (κ3) is 4.63. The fraction of sp³-hybridized carbons (Fsp3) is 0.316. The van der Waals surface area contributed by atoms with Gasteiger partial charge in [-0.1, -0.05) is 35.3 Å².